The van der Waals surface area contributed by atoms with Crippen molar-refractivity contribution in [2.45, 2.75) is 32.9 Å². The molecule has 126 valence electrons. The molecule has 1 aromatic rings. The van der Waals surface area contributed by atoms with Crippen LogP contribution in [0.4, 0.5) is 4.79 Å². The van der Waals surface area contributed by atoms with Crippen molar-refractivity contribution < 1.29 is 14.3 Å². The van der Waals surface area contributed by atoms with Crippen LogP contribution in [0.2, 0.25) is 0 Å². The second kappa shape index (κ2) is 8.80. The van der Waals surface area contributed by atoms with Gasteiger partial charge in [0.1, 0.15) is 5.60 Å². The number of aromatic nitrogens is 1. The highest BCUT2D eigenvalue weighted by Crippen LogP contribution is 2.09. The zero-order valence-electron chi connectivity index (χ0n) is 14.4. The van der Waals surface area contributed by atoms with Crippen LogP contribution in [0.15, 0.2) is 18.5 Å². The molecule has 0 aliphatic heterocycles. The SMILES string of the molecule is COCCN(CCNCc1ccn(C)c1)C(=O)OC(C)(C)C. The summed E-state index contributed by atoms with van der Waals surface area (Å²) in [5, 5.41) is 3.34. The van der Waals surface area contributed by atoms with E-state index in [1.165, 1.54) is 5.56 Å². The first-order valence-corrected chi connectivity index (χ1v) is 7.60. The normalized spacial score (nSPS) is 11.5. The summed E-state index contributed by atoms with van der Waals surface area (Å²) in [5.41, 5.74) is 0.739. The summed E-state index contributed by atoms with van der Waals surface area (Å²) in [7, 11) is 3.62. The molecule has 0 unspecified atom stereocenters. The van der Waals surface area contributed by atoms with Crippen LogP contribution in [-0.4, -0.2) is 54.5 Å². The fourth-order valence-electron chi connectivity index (χ4n) is 1.93. The lowest BCUT2D eigenvalue weighted by Gasteiger charge is -2.27. The van der Waals surface area contributed by atoms with Crippen molar-refractivity contribution in [2.24, 2.45) is 7.05 Å². The molecule has 0 radical (unpaired) electrons. The largest absolute Gasteiger partial charge is 0.444 e. The van der Waals surface area contributed by atoms with Gasteiger partial charge in [0.2, 0.25) is 0 Å². The quantitative estimate of drug-likeness (QED) is 0.746. The van der Waals surface area contributed by atoms with Crippen molar-refractivity contribution in [3.05, 3.63) is 24.0 Å². The van der Waals surface area contributed by atoms with Gasteiger partial charge in [0.15, 0.2) is 0 Å². The van der Waals surface area contributed by atoms with E-state index in [1.54, 1.807) is 12.0 Å². The number of aryl methyl sites for hydroxylation is 1. The first-order valence-electron chi connectivity index (χ1n) is 7.60. The summed E-state index contributed by atoms with van der Waals surface area (Å²) in [4.78, 5) is 13.8. The molecule has 0 atom stereocenters. The number of rotatable bonds is 8. The molecule has 1 rings (SSSR count). The second-order valence-electron chi connectivity index (χ2n) is 6.32. The highest BCUT2D eigenvalue weighted by atomic mass is 16.6. The maximum absolute atomic E-state index is 12.1. The van der Waals surface area contributed by atoms with Crippen molar-refractivity contribution >= 4 is 6.09 Å². The van der Waals surface area contributed by atoms with Gasteiger partial charge in [-0.15, -0.1) is 0 Å². The zero-order valence-corrected chi connectivity index (χ0v) is 14.4. The number of carbonyl (C=O) groups is 1. The number of nitrogens with one attached hydrogen (secondary N) is 1. The molecular formula is C16H29N3O3. The summed E-state index contributed by atoms with van der Waals surface area (Å²) in [5.74, 6) is 0. The molecule has 0 aliphatic rings. The predicted octanol–water partition coefficient (Wildman–Crippen LogP) is 2.00. The Kier molecular flexibility index (Phi) is 7.41. The highest BCUT2D eigenvalue weighted by molar-refractivity contribution is 5.68. The van der Waals surface area contributed by atoms with Gasteiger partial charge in [-0.2, -0.15) is 0 Å². The Morgan fingerprint density at radius 3 is 2.64 bits per heavy atom. The molecule has 22 heavy (non-hydrogen) atoms. The standard InChI is InChI=1S/C16H29N3O3/c1-16(2,3)22-15(20)19(10-11-21-5)9-7-17-12-14-6-8-18(4)13-14/h6,8,13,17H,7,9-12H2,1-5H3. The smallest absolute Gasteiger partial charge is 0.410 e. The Morgan fingerprint density at radius 2 is 2.09 bits per heavy atom. The third-order valence-corrected chi connectivity index (χ3v) is 3.00. The van der Waals surface area contributed by atoms with E-state index in [-0.39, 0.29) is 6.09 Å². The molecule has 0 aliphatic carbocycles. The van der Waals surface area contributed by atoms with Gasteiger partial charge in [-0.1, -0.05) is 0 Å². The molecule has 1 aromatic heterocycles. The number of carbonyl (C=O) groups excluding carboxylic acids is 1. The van der Waals surface area contributed by atoms with E-state index in [2.05, 4.69) is 17.6 Å². The van der Waals surface area contributed by atoms with Crippen LogP contribution in [0.5, 0.6) is 0 Å². The van der Waals surface area contributed by atoms with Gasteiger partial charge >= 0.3 is 6.09 Å². The third-order valence-electron chi connectivity index (χ3n) is 3.00. The monoisotopic (exact) mass is 311 g/mol. The lowest BCUT2D eigenvalue weighted by molar-refractivity contribution is 0.0204. The van der Waals surface area contributed by atoms with Crippen molar-refractivity contribution in [3.63, 3.8) is 0 Å². The van der Waals surface area contributed by atoms with Gasteiger partial charge in [-0.05, 0) is 32.4 Å². The third kappa shape index (κ3) is 7.47. The van der Waals surface area contributed by atoms with E-state index in [4.69, 9.17) is 9.47 Å². The predicted molar refractivity (Wildman–Crippen MR) is 86.8 cm³/mol. The van der Waals surface area contributed by atoms with Crippen LogP contribution in [0.1, 0.15) is 26.3 Å². The van der Waals surface area contributed by atoms with Crippen LogP contribution >= 0.6 is 0 Å². The Bertz CT molecular complexity index is 452. The summed E-state index contributed by atoms with van der Waals surface area (Å²) in [6.45, 7) is 8.71. The van der Waals surface area contributed by atoms with Crippen LogP contribution in [0.3, 0.4) is 0 Å². The number of hydrogen-bond acceptors (Lipinski definition) is 4. The average molecular weight is 311 g/mol. The Morgan fingerprint density at radius 1 is 1.36 bits per heavy atom. The van der Waals surface area contributed by atoms with Crippen molar-refractivity contribution in [3.8, 4) is 0 Å². The maximum atomic E-state index is 12.1. The first-order chi connectivity index (χ1) is 10.3. The molecule has 0 fully saturated rings. The van der Waals surface area contributed by atoms with E-state index < -0.39 is 5.60 Å². The van der Waals surface area contributed by atoms with Crippen LogP contribution in [-0.2, 0) is 23.1 Å². The van der Waals surface area contributed by atoms with Gasteiger partial charge in [0.05, 0.1) is 6.61 Å². The van der Waals surface area contributed by atoms with Gasteiger partial charge in [0, 0.05) is 52.7 Å². The summed E-state index contributed by atoms with van der Waals surface area (Å²) >= 11 is 0. The molecule has 0 bridgehead atoms. The Balaban J connectivity index is 2.38. The molecule has 1 N–H and O–H groups in total. The van der Waals surface area contributed by atoms with Gasteiger partial charge < -0.3 is 24.3 Å². The van der Waals surface area contributed by atoms with E-state index in [9.17, 15) is 4.79 Å². The number of methoxy groups -OCH3 is 1. The number of ether oxygens (including phenoxy) is 2. The molecule has 1 heterocycles. The molecular weight excluding hydrogens is 282 g/mol. The lowest BCUT2D eigenvalue weighted by Crippen LogP contribution is -2.42. The summed E-state index contributed by atoms with van der Waals surface area (Å²) < 4.78 is 12.5. The minimum atomic E-state index is -0.486. The Labute approximate surface area is 133 Å². The van der Waals surface area contributed by atoms with E-state index in [1.807, 2.05) is 38.6 Å². The highest BCUT2D eigenvalue weighted by Gasteiger charge is 2.21. The number of amides is 1. The zero-order chi connectivity index (χ0) is 16.6. The van der Waals surface area contributed by atoms with Crippen molar-refractivity contribution in [1.29, 1.82) is 0 Å². The molecule has 1 amide bonds. The second-order valence-corrected chi connectivity index (χ2v) is 6.32. The van der Waals surface area contributed by atoms with Crippen molar-refractivity contribution in [2.75, 3.05) is 33.4 Å². The fraction of sp³-hybridized carbons (Fsp3) is 0.688. The minimum absolute atomic E-state index is 0.300. The maximum Gasteiger partial charge on any atom is 0.410 e. The number of hydrogen-bond donors (Lipinski definition) is 1. The minimum Gasteiger partial charge on any atom is -0.444 e. The van der Waals surface area contributed by atoms with Gasteiger partial charge in [0.25, 0.3) is 0 Å². The Hall–Kier alpha value is -1.53. The molecule has 6 heteroatoms. The van der Waals surface area contributed by atoms with E-state index in [0.717, 1.165) is 6.54 Å². The summed E-state index contributed by atoms with van der Waals surface area (Å²) in [6, 6.07) is 2.07. The van der Waals surface area contributed by atoms with Crippen LogP contribution in [0.25, 0.3) is 0 Å². The summed E-state index contributed by atoms with van der Waals surface area (Å²) in [6.07, 6.45) is 3.79. The lowest BCUT2D eigenvalue weighted by atomic mass is 10.2. The van der Waals surface area contributed by atoms with Crippen molar-refractivity contribution in [1.82, 2.24) is 14.8 Å². The van der Waals surface area contributed by atoms with Crippen LogP contribution in [0, 0.1) is 0 Å². The van der Waals surface area contributed by atoms with Gasteiger partial charge in [-0.3, -0.25) is 0 Å². The topological polar surface area (TPSA) is 55.7 Å². The molecule has 0 spiro atoms. The van der Waals surface area contributed by atoms with Crippen LogP contribution < -0.4 is 5.32 Å². The number of nitrogens with zero attached hydrogens (tertiary/aromatic N) is 2. The van der Waals surface area contributed by atoms with E-state index in [0.29, 0.717) is 26.2 Å². The molecule has 0 saturated heterocycles. The average Bonchev–Trinajstić information content (AvgIpc) is 2.81. The first kappa shape index (κ1) is 18.5. The van der Waals surface area contributed by atoms with Gasteiger partial charge in [-0.25, -0.2) is 4.79 Å². The molecule has 6 nitrogen and oxygen atoms in total. The molecule has 0 saturated carbocycles. The van der Waals surface area contributed by atoms with E-state index >= 15 is 0 Å². The molecule has 0 aromatic carbocycles. The fourth-order valence-corrected chi connectivity index (χ4v) is 1.93.